The summed E-state index contributed by atoms with van der Waals surface area (Å²) in [5.41, 5.74) is 2.60. The third-order valence-corrected chi connectivity index (χ3v) is 5.09. The Hall–Kier alpha value is -1.31. The molecule has 2 heterocycles. The van der Waals surface area contributed by atoms with Crippen molar-refractivity contribution in [1.82, 2.24) is 9.88 Å². The zero-order valence-electron chi connectivity index (χ0n) is 14.6. The maximum Gasteiger partial charge on any atom is 0.410 e. The fraction of sp³-hybridized carbons (Fsp3) is 0.556. The Morgan fingerprint density at radius 3 is 2.62 bits per heavy atom. The molecule has 1 aliphatic rings. The number of hydrogen-bond donors (Lipinski definition) is 0. The van der Waals surface area contributed by atoms with E-state index in [2.05, 4.69) is 39.7 Å². The number of halogens is 1. The number of carbonyl (C=O) groups is 1. The molecule has 0 N–H and O–H groups in total. The van der Waals surface area contributed by atoms with Crippen LogP contribution in [0.5, 0.6) is 0 Å². The van der Waals surface area contributed by atoms with Crippen molar-refractivity contribution in [3.05, 3.63) is 27.2 Å². The zero-order chi connectivity index (χ0) is 17.5. The van der Waals surface area contributed by atoms with Crippen molar-refractivity contribution < 1.29 is 13.9 Å². The summed E-state index contributed by atoms with van der Waals surface area (Å²) in [5.74, 6) is 1.08. The summed E-state index contributed by atoms with van der Waals surface area (Å²) < 4.78 is 12.4. The first kappa shape index (κ1) is 17.5. The van der Waals surface area contributed by atoms with Crippen LogP contribution in [-0.4, -0.2) is 34.7 Å². The first-order chi connectivity index (χ1) is 11.2. The average Bonchev–Trinajstić information content (AvgIpc) is 2.88. The average molecular weight is 442 g/mol. The fourth-order valence-corrected chi connectivity index (χ4v) is 3.67. The van der Waals surface area contributed by atoms with Gasteiger partial charge in [-0.05, 0) is 68.2 Å². The van der Waals surface area contributed by atoms with E-state index in [-0.39, 0.29) is 6.09 Å². The molecule has 1 fully saturated rings. The van der Waals surface area contributed by atoms with Gasteiger partial charge >= 0.3 is 6.09 Å². The molecule has 1 aliphatic heterocycles. The lowest BCUT2D eigenvalue weighted by atomic mass is 9.89. The summed E-state index contributed by atoms with van der Waals surface area (Å²) in [7, 11) is 0. The second-order valence-electron chi connectivity index (χ2n) is 7.29. The van der Waals surface area contributed by atoms with E-state index in [9.17, 15) is 4.79 Å². The monoisotopic (exact) mass is 442 g/mol. The maximum absolute atomic E-state index is 12.2. The molecule has 0 bridgehead atoms. The van der Waals surface area contributed by atoms with Crippen LogP contribution in [0.4, 0.5) is 4.79 Å². The zero-order valence-corrected chi connectivity index (χ0v) is 16.7. The number of fused-ring (bicyclic) bond motifs is 1. The third-order valence-electron chi connectivity index (χ3n) is 4.22. The fourth-order valence-electron chi connectivity index (χ4n) is 3.12. The molecule has 1 aromatic heterocycles. The molecule has 1 amide bonds. The van der Waals surface area contributed by atoms with Crippen LogP contribution in [0, 0.1) is 10.5 Å². The van der Waals surface area contributed by atoms with Crippen molar-refractivity contribution >= 4 is 39.8 Å². The molecule has 24 heavy (non-hydrogen) atoms. The second kappa shape index (κ2) is 6.54. The van der Waals surface area contributed by atoms with Gasteiger partial charge in [-0.2, -0.15) is 0 Å². The Kier molecular flexibility index (Phi) is 4.77. The molecule has 1 saturated heterocycles. The molecule has 0 saturated carbocycles. The number of aryl methyl sites for hydroxylation is 1. The van der Waals surface area contributed by atoms with Gasteiger partial charge in [-0.3, -0.25) is 0 Å². The SMILES string of the molecule is Cc1nc2c(I)ccc(C3CCN(C(=O)OC(C)(C)C)CC3)c2o1. The van der Waals surface area contributed by atoms with E-state index >= 15 is 0 Å². The lowest BCUT2D eigenvalue weighted by Crippen LogP contribution is -2.41. The van der Waals surface area contributed by atoms with Gasteiger partial charge in [-0.1, -0.05) is 6.07 Å². The third kappa shape index (κ3) is 3.68. The van der Waals surface area contributed by atoms with E-state index in [0.717, 1.165) is 27.5 Å². The minimum absolute atomic E-state index is 0.218. The Labute approximate surface area is 155 Å². The van der Waals surface area contributed by atoms with E-state index in [1.54, 1.807) is 4.90 Å². The highest BCUT2D eigenvalue weighted by Gasteiger charge is 2.29. The van der Waals surface area contributed by atoms with Crippen LogP contribution in [-0.2, 0) is 4.74 Å². The Bertz CT molecular complexity index is 755. The number of piperidine rings is 1. The van der Waals surface area contributed by atoms with Crippen LogP contribution < -0.4 is 0 Å². The van der Waals surface area contributed by atoms with Gasteiger partial charge in [-0.15, -0.1) is 0 Å². The van der Waals surface area contributed by atoms with Crippen molar-refractivity contribution in [3.63, 3.8) is 0 Å². The molecule has 0 unspecified atom stereocenters. The van der Waals surface area contributed by atoms with Gasteiger partial charge in [0.05, 0.1) is 0 Å². The molecular formula is C18H23IN2O3. The number of carbonyl (C=O) groups excluding carboxylic acids is 1. The number of rotatable bonds is 1. The van der Waals surface area contributed by atoms with Crippen LogP contribution >= 0.6 is 22.6 Å². The van der Waals surface area contributed by atoms with E-state index in [0.29, 0.717) is 24.9 Å². The van der Waals surface area contributed by atoms with Crippen LogP contribution in [0.25, 0.3) is 11.1 Å². The quantitative estimate of drug-likeness (QED) is 0.593. The van der Waals surface area contributed by atoms with Gasteiger partial charge < -0.3 is 14.1 Å². The van der Waals surface area contributed by atoms with Crippen molar-refractivity contribution in [2.45, 2.75) is 52.1 Å². The van der Waals surface area contributed by atoms with Crippen LogP contribution in [0.2, 0.25) is 0 Å². The lowest BCUT2D eigenvalue weighted by molar-refractivity contribution is 0.0205. The first-order valence-electron chi connectivity index (χ1n) is 8.28. The van der Waals surface area contributed by atoms with Crippen molar-refractivity contribution in [2.75, 3.05) is 13.1 Å². The number of ether oxygens (including phenoxy) is 1. The highest BCUT2D eigenvalue weighted by molar-refractivity contribution is 14.1. The summed E-state index contributed by atoms with van der Waals surface area (Å²) >= 11 is 2.29. The van der Waals surface area contributed by atoms with Crippen LogP contribution in [0.15, 0.2) is 16.5 Å². The minimum atomic E-state index is -0.451. The molecule has 2 aromatic rings. The highest BCUT2D eigenvalue weighted by Crippen LogP contribution is 2.35. The van der Waals surface area contributed by atoms with Gasteiger partial charge in [0.25, 0.3) is 0 Å². The number of nitrogens with zero attached hydrogens (tertiary/aromatic N) is 2. The second-order valence-corrected chi connectivity index (χ2v) is 8.45. The van der Waals surface area contributed by atoms with Crippen LogP contribution in [0.1, 0.15) is 51.0 Å². The van der Waals surface area contributed by atoms with Gasteiger partial charge in [-0.25, -0.2) is 9.78 Å². The maximum atomic E-state index is 12.2. The standard InChI is InChI=1S/C18H23IN2O3/c1-11-20-15-14(19)6-5-13(16(15)23-11)12-7-9-21(10-8-12)17(22)24-18(2,3)4/h5-6,12H,7-10H2,1-4H3. The molecule has 1 aromatic carbocycles. The lowest BCUT2D eigenvalue weighted by Gasteiger charge is -2.33. The van der Waals surface area contributed by atoms with Gasteiger partial charge in [0.1, 0.15) is 11.1 Å². The summed E-state index contributed by atoms with van der Waals surface area (Å²) in [6, 6.07) is 4.24. The number of amides is 1. The minimum Gasteiger partial charge on any atom is -0.444 e. The normalized spacial score (nSPS) is 16.6. The van der Waals surface area contributed by atoms with Gasteiger partial charge in [0.15, 0.2) is 11.5 Å². The predicted molar refractivity (Wildman–Crippen MR) is 101 cm³/mol. The van der Waals surface area contributed by atoms with Crippen molar-refractivity contribution in [3.8, 4) is 0 Å². The Morgan fingerprint density at radius 1 is 1.33 bits per heavy atom. The largest absolute Gasteiger partial charge is 0.444 e. The number of benzene rings is 1. The smallest absolute Gasteiger partial charge is 0.410 e. The first-order valence-corrected chi connectivity index (χ1v) is 9.36. The topological polar surface area (TPSA) is 55.6 Å². The molecule has 0 spiro atoms. The van der Waals surface area contributed by atoms with Gasteiger partial charge in [0, 0.05) is 29.1 Å². The number of oxazole rings is 1. The Morgan fingerprint density at radius 2 is 2.00 bits per heavy atom. The molecule has 5 nitrogen and oxygen atoms in total. The molecule has 130 valence electrons. The van der Waals surface area contributed by atoms with E-state index in [1.165, 1.54) is 5.56 Å². The van der Waals surface area contributed by atoms with Gasteiger partial charge in [0.2, 0.25) is 0 Å². The summed E-state index contributed by atoms with van der Waals surface area (Å²) in [5, 5.41) is 0. The number of hydrogen-bond acceptors (Lipinski definition) is 4. The molecule has 0 aliphatic carbocycles. The number of aromatic nitrogens is 1. The number of likely N-dealkylation sites (tertiary alicyclic amines) is 1. The molecule has 6 heteroatoms. The van der Waals surface area contributed by atoms with E-state index < -0.39 is 5.60 Å². The molecule has 0 radical (unpaired) electrons. The summed E-state index contributed by atoms with van der Waals surface area (Å²) in [4.78, 5) is 18.5. The summed E-state index contributed by atoms with van der Waals surface area (Å²) in [6.07, 6.45) is 1.60. The Balaban J connectivity index is 1.74. The van der Waals surface area contributed by atoms with Crippen molar-refractivity contribution in [2.24, 2.45) is 0 Å². The van der Waals surface area contributed by atoms with E-state index in [1.807, 2.05) is 27.7 Å². The molecular weight excluding hydrogens is 419 g/mol. The van der Waals surface area contributed by atoms with Crippen LogP contribution in [0.3, 0.4) is 0 Å². The van der Waals surface area contributed by atoms with E-state index in [4.69, 9.17) is 9.15 Å². The molecule has 3 rings (SSSR count). The highest BCUT2D eigenvalue weighted by atomic mass is 127. The predicted octanol–water partition coefficient (Wildman–Crippen LogP) is 4.86. The van der Waals surface area contributed by atoms with Crippen molar-refractivity contribution in [1.29, 1.82) is 0 Å². The summed E-state index contributed by atoms with van der Waals surface area (Å²) in [6.45, 7) is 8.98. The molecule has 0 atom stereocenters.